The molecule has 98 valence electrons. The lowest BCUT2D eigenvalue weighted by atomic mass is 9.85. The van der Waals surface area contributed by atoms with Gasteiger partial charge in [-0.2, -0.15) is 0 Å². The van der Waals surface area contributed by atoms with Crippen molar-refractivity contribution in [3.63, 3.8) is 0 Å². The molecule has 18 heavy (non-hydrogen) atoms. The topological polar surface area (TPSA) is 63.7 Å². The van der Waals surface area contributed by atoms with E-state index in [-0.39, 0.29) is 30.9 Å². The van der Waals surface area contributed by atoms with E-state index in [1.54, 1.807) is 13.0 Å². The van der Waals surface area contributed by atoms with Gasteiger partial charge in [-0.25, -0.2) is 0 Å². The first-order valence-electron chi connectivity index (χ1n) is 5.90. The number of imide groups is 1. The molecule has 2 atom stereocenters. The molecule has 2 unspecified atom stereocenters. The Morgan fingerprint density at radius 2 is 2.11 bits per heavy atom. The van der Waals surface area contributed by atoms with Crippen LogP contribution >= 0.6 is 11.6 Å². The van der Waals surface area contributed by atoms with Gasteiger partial charge in [0.15, 0.2) is 0 Å². The van der Waals surface area contributed by atoms with Crippen molar-refractivity contribution in [2.24, 2.45) is 11.8 Å². The van der Waals surface area contributed by atoms with Gasteiger partial charge in [-0.05, 0) is 19.8 Å². The van der Waals surface area contributed by atoms with E-state index in [4.69, 9.17) is 16.3 Å². The number of amides is 2. The molecule has 1 aliphatic carbocycles. The van der Waals surface area contributed by atoms with Gasteiger partial charge in [0, 0.05) is 5.03 Å². The van der Waals surface area contributed by atoms with Crippen LogP contribution in [0.5, 0.6) is 0 Å². The second-order valence-corrected chi connectivity index (χ2v) is 4.86. The van der Waals surface area contributed by atoms with E-state index in [0.717, 1.165) is 4.90 Å². The summed E-state index contributed by atoms with van der Waals surface area (Å²) in [5.74, 6) is -1.95. The molecule has 0 aromatic rings. The highest BCUT2D eigenvalue weighted by atomic mass is 35.5. The first-order valence-corrected chi connectivity index (χ1v) is 6.27. The van der Waals surface area contributed by atoms with Crippen LogP contribution in [0.3, 0.4) is 0 Å². The van der Waals surface area contributed by atoms with Crippen molar-refractivity contribution in [3.05, 3.63) is 11.1 Å². The SMILES string of the molecule is CCOC(=O)CN1C(=O)C2CC=C(Cl)CC2C1=O. The smallest absolute Gasteiger partial charge is 0.326 e. The number of rotatable bonds is 3. The molecule has 0 saturated carbocycles. The van der Waals surface area contributed by atoms with E-state index in [0.29, 0.717) is 17.9 Å². The summed E-state index contributed by atoms with van der Waals surface area (Å²) in [6.07, 6.45) is 2.62. The monoisotopic (exact) mass is 271 g/mol. The summed E-state index contributed by atoms with van der Waals surface area (Å²) in [6, 6.07) is 0. The van der Waals surface area contributed by atoms with E-state index in [1.807, 2.05) is 0 Å². The first-order chi connectivity index (χ1) is 8.54. The average Bonchev–Trinajstić information content (AvgIpc) is 2.55. The lowest BCUT2D eigenvalue weighted by molar-refractivity contribution is -0.152. The summed E-state index contributed by atoms with van der Waals surface area (Å²) in [5, 5.41) is 0.607. The number of allylic oxidation sites excluding steroid dienone is 2. The lowest BCUT2D eigenvalue weighted by Crippen LogP contribution is -2.36. The Morgan fingerprint density at radius 1 is 1.44 bits per heavy atom. The maximum Gasteiger partial charge on any atom is 0.326 e. The van der Waals surface area contributed by atoms with Crippen LogP contribution in [0.25, 0.3) is 0 Å². The predicted octanol–water partition coefficient (Wildman–Crippen LogP) is 1.07. The van der Waals surface area contributed by atoms with Gasteiger partial charge in [0.25, 0.3) is 0 Å². The van der Waals surface area contributed by atoms with Gasteiger partial charge in [0.05, 0.1) is 18.4 Å². The average molecular weight is 272 g/mol. The van der Waals surface area contributed by atoms with Crippen LogP contribution in [-0.4, -0.2) is 35.8 Å². The standard InChI is InChI=1S/C12H14ClNO4/c1-2-18-10(15)6-14-11(16)8-4-3-7(13)5-9(8)12(14)17/h3,8-9H,2,4-6H2,1H3. The largest absolute Gasteiger partial charge is 0.465 e. The zero-order valence-electron chi connectivity index (χ0n) is 10.0. The fourth-order valence-electron chi connectivity index (χ4n) is 2.39. The van der Waals surface area contributed by atoms with Crippen molar-refractivity contribution >= 4 is 29.4 Å². The third kappa shape index (κ3) is 2.27. The number of fused-ring (bicyclic) bond motifs is 1. The van der Waals surface area contributed by atoms with Crippen molar-refractivity contribution in [2.75, 3.05) is 13.2 Å². The summed E-state index contributed by atoms with van der Waals surface area (Å²) >= 11 is 5.89. The number of esters is 1. The Hall–Kier alpha value is -1.36. The zero-order chi connectivity index (χ0) is 13.3. The molecule has 5 nitrogen and oxygen atoms in total. The Balaban J connectivity index is 2.09. The minimum Gasteiger partial charge on any atom is -0.465 e. The van der Waals surface area contributed by atoms with Gasteiger partial charge >= 0.3 is 5.97 Å². The van der Waals surface area contributed by atoms with Gasteiger partial charge < -0.3 is 4.74 Å². The highest BCUT2D eigenvalue weighted by Crippen LogP contribution is 2.38. The normalized spacial score (nSPS) is 27.0. The Labute approximate surface area is 110 Å². The van der Waals surface area contributed by atoms with Crippen molar-refractivity contribution in [1.82, 2.24) is 4.90 Å². The second-order valence-electron chi connectivity index (χ2n) is 4.37. The van der Waals surface area contributed by atoms with Gasteiger partial charge in [-0.1, -0.05) is 17.7 Å². The van der Waals surface area contributed by atoms with Gasteiger partial charge in [0.1, 0.15) is 6.54 Å². The predicted molar refractivity (Wildman–Crippen MR) is 63.5 cm³/mol. The highest BCUT2D eigenvalue weighted by molar-refractivity contribution is 6.30. The number of halogens is 1. The number of likely N-dealkylation sites (tertiary alicyclic amines) is 1. The molecule has 0 aromatic carbocycles. The molecule has 2 rings (SSSR count). The number of hydrogen-bond acceptors (Lipinski definition) is 4. The summed E-state index contributed by atoms with van der Waals surface area (Å²) in [7, 11) is 0. The fraction of sp³-hybridized carbons (Fsp3) is 0.583. The van der Waals surface area contributed by atoms with E-state index >= 15 is 0 Å². The first kappa shape index (κ1) is 13.1. The Bertz CT molecular complexity index is 432. The molecular weight excluding hydrogens is 258 g/mol. The number of carbonyl (C=O) groups is 3. The van der Waals surface area contributed by atoms with Crippen molar-refractivity contribution in [2.45, 2.75) is 19.8 Å². The molecule has 6 heteroatoms. The summed E-state index contributed by atoms with van der Waals surface area (Å²) < 4.78 is 4.75. The van der Waals surface area contributed by atoms with Crippen LogP contribution in [0.2, 0.25) is 0 Å². The molecule has 1 heterocycles. The van der Waals surface area contributed by atoms with Gasteiger partial charge in [0.2, 0.25) is 11.8 Å². The molecule has 2 amide bonds. The van der Waals surface area contributed by atoms with Crippen molar-refractivity contribution in [1.29, 1.82) is 0 Å². The maximum absolute atomic E-state index is 12.0. The molecule has 1 aliphatic heterocycles. The molecule has 0 bridgehead atoms. The van der Waals surface area contributed by atoms with Crippen LogP contribution in [0.1, 0.15) is 19.8 Å². The van der Waals surface area contributed by atoms with Gasteiger partial charge in [-0.3, -0.25) is 19.3 Å². The highest BCUT2D eigenvalue weighted by Gasteiger charge is 2.48. The molecular formula is C12H14ClNO4. The van der Waals surface area contributed by atoms with E-state index in [1.165, 1.54) is 0 Å². The van der Waals surface area contributed by atoms with Crippen molar-refractivity contribution in [3.8, 4) is 0 Å². The summed E-state index contributed by atoms with van der Waals surface area (Å²) in [4.78, 5) is 36.4. The molecule has 1 saturated heterocycles. The van der Waals surface area contributed by atoms with Crippen LogP contribution in [-0.2, 0) is 19.1 Å². The minimum atomic E-state index is -0.558. The van der Waals surface area contributed by atoms with E-state index in [2.05, 4.69) is 0 Å². The molecule has 0 N–H and O–H groups in total. The van der Waals surface area contributed by atoms with E-state index < -0.39 is 11.9 Å². The van der Waals surface area contributed by atoms with Crippen molar-refractivity contribution < 1.29 is 19.1 Å². The Morgan fingerprint density at radius 3 is 2.78 bits per heavy atom. The summed E-state index contributed by atoms with van der Waals surface area (Å²) in [6.45, 7) is 1.61. The van der Waals surface area contributed by atoms with Crippen LogP contribution in [0.15, 0.2) is 11.1 Å². The fourth-order valence-corrected chi connectivity index (χ4v) is 2.64. The maximum atomic E-state index is 12.0. The molecule has 1 fully saturated rings. The third-order valence-electron chi connectivity index (χ3n) is 3.25. The lowest BCUT2D eigenvalue weighted by Gasteiger charge is -2.17. The van der Waals surface area contributed by atoms with Gasteiger partial charge in [-0.15, -0.1) is 0 Å². The quantitative estimate of drug-likeness (QED) is 0.569. The zero-order valence-corrected chi connectivity index (χ0v) is 10.8. The molecule has 2 aliphatic rings. The second kappa shape index (κ2) is 5.10. The number of nitrogens with zero attached hydrogens (tertiary/aromatic N) is 1. The number of hydrogen-bond donors (Lipinski definition) is 0. The Kier molecular flexibility index (Phi) is 3.71. The number of ether oxygens (including phenoxy) is 1. The molecule has 0 radical (unpaired) electrons. The van der Waals surface area contributed by atoms with Crippen LogP contribution in [0, 0.1) is 11.8 Å². The third-order valence-corrected chi connectivity index (χ3v) is 3.56. The van der Waals surface area contributed by atoms with Crippen LogP contribution < -0.4 is 0 Å². The molecule has 0 aromatic heterocycles. The minimum absolute atomic E-state index is 0.231. The molecule has 0 spiro atoms. The van der Waals surface area contributed by atoms with Crippen LogP contribution in [0.4, 0.5) is 0 Å². The summed E-state index contributed by atoms with van der Waals surface area (Å²) in [5.41, 5.74) is 0. The number of carbonyl (C=O) groups excluding carboxylic acids is 3. The van der Waals surface area contributed by atoms with E-state index in [9.17, 15) is 14.4 Å².